The van der Waals surface area contributed by atoms with Crippen molar-refractivity contribution in [1.82, 2.24) is 0 Å². The number of quaternary nitrogens is 1. The first kappa shape index (κ1) is 21.5. The standard InChI is InChI=1S/C23H24FNO5/c1-12(2)10-18(23(28)29)25-11-17-19(26)9-8-16-21(27)20(13(3)30-22(16)17)14-4-6-15(24)7-5-14/h4-9,12,18,25-26H,10-11H2,1-3H3,(H,28,29)/t18-/m1/s1. The molecule has 3 aromatic rings. The van der Waals surface area contributed by atoms with Crippen LogP contribution in [0.1, 0.15) is 31.6 Å². The van der Waals surface area contributed by atoms with Gasteiger partial charge in [0.15, 0.2) is 5.58 Å². The summed E-state index contributed by atoms with van der Waals surface area (Å²) in [5, 5.41) is 23.6. The first-order valence-corrected chi connectivity index (χ1v) is 9.77. The Morgan fingerprint density at radius 1 is 1.20 bits per heavy atom. The molecule has 0 saturated carbocycles. The lowest BCUT2D eigenvalue weighted by Gasteiger charge is -2.19. The maximum atomic E-state index is 13.3. The number of nitrogens with two attached hydrogens (primary N) is 1. The van der Waals surface area contributed by atoms with Crippen molar-refractivity contribution in [2.45, 2.75) is 39.8 Å². The van der Waals surface area contributed by atoms with E-state index in [-0.39, 0.29) is 34.6 Å². The Labute approximate surface area is 173 Å². The predicted molar refractivity (Wildman–Crippen MR) is 108 cm³/mol. The maximum absolute atomic E-state index is 13.3. The molecule has 158 valence electrons. The molecule has 1 aromatic heterocycles. The molecule has 0 bridgehead atoms. The summed E-state index contributed by atoms with van der Waals surface area (Å²) in [7, 11) is 0. The third-order valence-electron chi connectivity index (χ3n) is 5.08. The fourth-order valence-electron chi connectivity index (χ4n) is 3.62. The summed E-state index contributed by atoms with van der Waals surface area (Å²) in [6.07, 6.45) is 0.408. The first-order chi connectivity index (χ1) is 14.2. The van der Waals surface area contributed by atoms with Crippen molar-refractivity contribution in [2.24, 2.45) is 5.92 Å². The molecule has 0 amide bonds. The molecule has 3 N–H and O–H groups in total. The van der Waals surface area contributed by atoms with Gasteiger partial charge in [0, 0.05) is 6.42 Å². The number of carbonyl (C=O) groups excluding carboxylic acids is 1. The molecule has 0 saturated heterocycles. The van der Waals surface area contributed by atoms with Crippen molar-refractivity contribution in [3.8, 4) is 16.9 Å². The molecule has 0 unspecified atom stereocenters. The zero-order valence-corrected chi connectivity index (χ0v) is 17.1. The third-order valence-corrected chi connectivity index (χ3v) is 5.08. The minimum absolute atomic E-state index is 0.0857. The topological polar surface area (TPSA) is 107 Å². The van der Waals surface area contributed by atoms with Crippen LogP contribution in [0.25, 0.3) is 22.1 Å². The molecule has 0 aliphatic rings. The number of aliphatic carboxylic acids is 1. The van der Waals surface area contributed by atoms with Gasteiger partial charge in [0.25, 0.3) is 0 Å². The number of aryl methyl sites for hydroxylation is 1. The van der Waals surface area contributed by atoms with E-state index in [1.54, 1.807) is 12.2 Å². The summed E-state index contributed by atoms with van der Waals surface area (Å²) in [5.41, 5.74) is 1.09. The largest absolute Gasteiger partial charge is 0.544 e. The van der Waals surface area contributed by atoms with E-state index in [0.29, 0.717) is 28.9 Å². The average Bonchev–Trinajstić information content (AvgIpc) is 2.67. The summed E-state index contributed by atoms with van der Waals surface area (Å²) in [6, 6.07) is 7.62. The fraction of sp³-hybridized carbons (Fsp3) is 0.304. The number of carboxylic acids is 1. The van der Waals surface area contributed by atoms with E-state index in [1.807, 2.05) is 13.8 Å². The molecule has 0 fully saturated rings. The van der Waals surface area contributed by atoms with Crippen LogP contribution in [0.15, 0.2) is 45.6 Å². The smallest absolute Gasteiger partial charge is 0.200 e. The van der Waals surface area contributed by atoms with Crippen molar-refractivity contribution in [3.05, 3.63) is 63.8 Å². The Balaban J connectivity index is 2.06. The van der Waals surface area contributed by atoms with Crippen LogP contribution in [-0.4, -0.2) is 17.1 Å². The van der Waals surface area contributed by atoms with Gasteiger partial charge in [-0.05, 0) is 42.7 Å². The molecular formula is C23H24FNO5. The van der Waals surface area contributed by atoms with Crippen LogP contribution in [0.3, 0.4) is 0 Å². The quantitative estimate of drug-likeness (QED) is 0.615. The summed E-state index contributed by atoms with van der Waals surface area (Å²) in [6.45, 7) is 5.56. The van der Waals surface area contributed by atoms with Crippen LogP contribution < -0.4 is 15.9 Å². The molecular weight excluding hydrogens is 389 g/mol. The number of fused-ring (bicyclic) bond motifs is 1. The van der Waals surface area contributed by atoms with Crippen LogP contribution in [-0.2, 0) is 11.3 Å². The van der Waals surface area contributed by atoms with Gasteiger partial charge in [0.1, 0.15) is 29.9 Å². The van der Waals surface area contributed by atoms with Crippen molar-refractivity contribution < 1.29 is 29.1 Å². The molecule has 0 radical (unpaired) electrons. The molecule has 0 aliphatic carbocycles. The molecule has 6 nitrogen and oxygen atoms in total. The monoisotopic (exact) mass is 413 g/mol. The number of phenols is 1. The van der Waals surface area contributed by atoms with Gasteiger partial charge in [-0.2, -0.15) is 0 Å². The maximum Gasteiger partial charge on any atom is 0.200 e. The van der Waals surface area contributed by atoms with Crippen molar-refractivity contribution in [1.29, 1.82) is 0 Å². The number of aromatic hydroxyl groups is 1. The normalized spacial score (nSPS) is 12.4. The lowest BCUT2D eigenvalue weighted by molar-refractivity contribution is -0.699. The summed E-state index contributed by atoms with van der Waals surface area (Å²) in [4.78, 5) is 24.6. The number of halogens is 1. The van der Waals surface area contributed by atoms with Crippen molar-refractivity contribution in [3.63, 3.8) is 0 Å². The van der Waals surface area contributed by atoms with E-state index in [4.69, 9.17) is 4.42 Å². The average molecular weight is 413 g/mol. The van der Waals surface area contributed by atoms with Gasteiger partial charge >= 0.3 is 0 Å². The molecule has 3 rings (SSSR count). The molecule has 1 heterocycles. The Morgan fingerprint density at radius 3 is 2.47 bits per heavy atom. The van der Waals surface area contributed by atoms with E-state index in [1.165, 1.54) is 36.4 Å². The number of hydrogen-bond donors (Lipinski definition) is 2. The minimum Gasteiger partial charge on any atom is -0.544 e. The van der Waals surface area contributed by atoms with Gasteiger partial charge in [0.05, 0.1) is 22.5 Å². The molecule has 2 aromatic carbocycles. The number of carboxylic acid groups (broad SMARTS) is 1. The lowest BCUT2D eigenvalue weighted by atomic mass is 10.0. The van der Waals surface area contributed by atoms with E-state index < -0.39 is 17.8 Å². The zero-order valence-electron chi connectivity index (χ0n) is 17.1. The lowest BCUT2D eigenvalue weighted by Crippen LogP contribution is -2.91. The van der Waals surface area contributed by atoms with Gasteiger partial charge in [0.2, 0.25) is 5.43 Å². The Kier molecular flexibility index (Phi) is 6.22. The van der Waals surface area contributed by atoms with Crippen molar-refractivity contribution >= 4 is 16.9 Å². The van der Waals surface area contributed by atoms with Crippen LogP contribution in [0.5, 0.6) is 5.75 Å². The van der Waals surface area contributed by atoms with Crippen LogP contribution in [0.4, 0.5) is 4.39 Å². The Bertz CT molecular complexity index is 1140. The minimum atomic E-state index is -1.18. The van der Waals surface area contributed by atoms with Crippen molar-refractivity contribution in [2.75, 3.05) is 0 Å². The third kappa shape index (κ3) is 4.36. The molecule has 1 atom stereocenters. The highest BCUT2D eigenvalue weighted by molar-refractivity contribution is 5.86. The highest BCUT2D eigenvalue weighted by Gasteiger charge is 2.21. The number of rotatable bonds is 7. The molecule has 0 aliphatic heterocycles. The van der Waals surface area contributed by atoms with Crippen LogP contribution in [0.2, 0.25) is 0 Å². The SMILES string of the molecule is Cc1oc2c(C[NH2+][C@H](CC(C)C)C(=O)[O-])c(O)ccc2c(=O)c1-c1ccc(F)cc1. The zero-order chi connectivity index (χ0) is 22.0. The van der Waals surface area contributed by atoms with Crippen LogP contribution >= 0.6 is 0 Å². The predicted octanol–water partition coefficient (Wildman–Crippen LogP) is 1.84. The van der Waals surface area contributed by atoms with E-state index in [9.17, 15) is 24.2 Å². The Hall–Kier alpha value is -3.19. The number of carbonyl (C=O) groups is 1. The first-order valence-electron chi connectivity index (χ1n) is 9.77. The van der Waals surface area contributed by atoms with Gasteiger partial charge in [-0.3, -0.25) is 4.79 Å². The van der Waals surface area contributed by atoms with E-state index >= 15 is 0 Å². The fourth-order valence-corrected chi connectivity index (χ4v) is 3.62. The number of phenolic OH excluding ortho intramolecular Hbond substituents is 1. The second-order valence-electron chi connectivity index (χ2n) is 7.80. The number of benzene rings is 2. The highest BCUT2D eigenvalue weighted by atomic mass is 19.1. The van der Waals surface area contributed by atoms with E-state index in [0.717, 1.165) is 0 Å². The summed E-state index contributed by atoms with van der Waals surface area (Å²) < 4.78 is 19.2. The number of hydrogen-bond acceptors (Lipinski definition) is 5. The second kappa shape index (κ2) is 8.67. The Morgan fingerprint density at radius 2 is 1.87 bits per heavy atom. The highest BCUT2D eigenvalue weighted by Crippen LogP contribution is 2.29. The van der Waals surface area contributed by atoms with Gasteiger partial charge < -0.3 is 24.7 Å². The van der Waals surface area contributed by atoms with Crippen LogP contribution in [0, 0.1) is 18.7 Å². The molecule has 30 heavy (non-hydrogen) atoms. The molecule has 0 spiro atoms. The second-order valence-corrected chi connectivity index (χ2v) is 7.80. The van der Waals surface area contributed by atoms with Gasteiger partial charge in [-0.25, -0.2) is 4.39 Å². The summed E-state index contributed by atoms with van der Waals surface area (Å²) in [5.74, 6) is -1.20. The summed E-state index contributed by atoms with van der Waals surface area (Å²) >= 11 is 0. The molecule has 7 heteroatoms. The van der Waals surface area contributed by atoms with Gasteiger partial charge in [-0.15, -0.1) is 0 Å². The van der Waals surface area contributed by atoms with E-state index in [2.05, 4.69) is 0 Å². The van der Waals surface area contributed by atoms with Gasteiger partial charge in [-0.1, -0.05) is 26.0 Å².